The predicted octanol–water partition coefficient (Wildman–Crippen LogP) is 2.93. The van der Waals surface area contributed by atoms with Gasteiger partial charge in [-0.15, -0.1) is 0 Å². The van der Waals surface area contributed by atoms with Gasteiger partial charge in [0.15, 0.2) is 7.14 Å². The van der Waals surface area contributed by atoms with Crippen molar-refractivity contribution in [3.63, 3.8) is 0 Å². The van der Waals surface area contributed by atoms with Crippen LogP contribution < -0.4 is 21.2 Å². The van der Waals surface area contributed by atoms with Gasteiger partial charge in [0.1, 0.15) is 16.3 Å². The van der Waals surface area contributed by atoms with Gasteiger partial charge < -0.3 is 4.55 Å². The normalized spacial score (nSPS) is 14.3. The monoisotopic (exact) mass is 584 g/mol. The SMILES string of the molecule is CC(C)(C)c1ccc([I+]c2ccc(C(C)(C)C)cc2)cc1.O=S(=O)([O-])C(F)C(F)CCF. The summed E-state index contributed by atoms with van der Waals surface area (Å²) in [5.41, 5.74) is 0.158. The zero-order valence-corrected chi connectivity index (χ0v) is 22.3. The van der Waals surface area contributed by atoms with Crippen molar-refractivity contribution in [1.82, 2.24) is 0 Å². The molecule has 0 amide bonds. The van der Waals surface area contributed by atoms with E-state index < -0.39 is 34.9 Å². The van der Waals surface area contributed by atoms with E-state index >= 15 is 0 Å². The second-order valence-electron chi connectivity index (χ2n) is 9.45. The van der Waals surface area contributed by atoms with Crippen LogP contribution in [0.3, 0.4) is 0 Å². The summed E-state index contributed by atoms with van der Waals surface area (Å²) in [5.74, 6) is 0. The molecular weight excluding hydrogens is 552 g/mol. The van der Waals surface area contributed by atoms with Crippen molar-refractivity contribution in [2.75, 3.05) is 6.67 Å². The molecule has 8 heteroatoms. The smallest absolute Gasteiger partial charge is 0.357 e. The van der Waals surface area contributed by atoms with Gasteiger partial charge in [0.25, 0.3) is 0 Å². The molecule has 0 N–H and O–H groups in total. The molecule has 0 saturated carbocycles. The summed E-state index contributed by atoms with van der Waals surface area (Å²) in [6, 6.07) is 18.4. The molecule has 2 unspecified atom stereocenters. The number of hydrogen-bond donors (Lipinski definition) is 0. The van der Waals surface area contributed by atoms with Crippen LogP contribution in [0.1, 0.15) is 59.1 Å². The van der Waals surface area contributed by atoms with Crippen LogP contribution in [0.2, 0.25) is 0 Å². The molecule has 0 radical (unpaired) electrons. The van der Waals surface area contributed by atoms with Crippen LogP contribution >= 0.6 is 0 Å². The Labute approximate surface area is 200 Å². The van der Waals surface area contributed by atoms with Gasteiger partial charge in [-0.3, -0.25) is 4.39 Å². The van der Waals surface area contributed by atoms with Gasteiger partial charge >= 0.3 is 21.2 Å². The minimum atomic E-state index is -5.28. The number of rotatable bonds is 6. The van der Waals surface area contributed by atoms with Gasteiger partial charge in [-0.1, -0.05) is 65.8 Å². The molecule has 0 fully saturated rings. The third-order valence-electron chi connectivity index (χ3n) is 4.58. The van der Waals surface area contributed by atoms with Gasteiger partial charge in [0.05, 0.1) is 6.67 Å². The van der Waals surface area contributed by atoms with Crippen molar-refractivity contribution >= 4 is 10.1 Å². The molecule has 0 aliphatic carbocycles. The first kappa shape index (κ1) is 28.9. The van der Waals surface area contributed by atoms with Gasteiger partial charge in [0, 0.05) is 6.42 Å². The first-order chi connectivity index (χ1) is 14.6. The summed E-state index contributed by atoms with van der Waals surface area (Å²) in [6.45, 7) is 12.4. The van der Waals surface area contributed by atoms with Crippen LogP contribution in [0, 0.1) is 7.14 Å². The first-order valence-electron chi connectivity index (χ1n) is 10.2. The van der Waals surface area contributed by atoms with Crippen LogP contribution in [0.5, 0.6) is 0 Å². The standard InChI is InChI=1S/C20H26I.C4H7F3O3S/c1-19(2,3)15-7-11-17(12-8-15)21-18-13-9-16(10-14-18)20(4,5)6;5-2-1-3(6)4(7)11(8,9)10/h7-14H,1-6H3;3-4H,1-2H2,(H,8,9,10)/q+1;/p-1. The fourth-order valence-corrected chi connectivity index (χ4v) is 5.22. The highest BCUT2D eigenvalue weighted by atomic mass is 127. The number of hydrogen-bond acceptors (Lipinski definition) is 3. The number of alkyl halides is 3. The molecule has 2 atom stereocenters. The second-order valence-corrected chi connectivity index (χ2v) is 13.9. The molecule has 0 aliphatic rings. The first-order valence-corrected chi connectivity index (χ1v) is 13.8. The molecule has 0 heterocycles. The number of halogens is 4. The molecule has 2 rings (SSSR count). The highest BCUT2D eigenvalue weighted by molar-refractivity contribution is 7.86. The van der Waals surface area contributed by atoms with Crippen LogP contribution in [0.4, 0.5) is 13.2 Å². The zero-order chi connectivity index (χ0) is 24.7. The van der Waals surface area contributed by atoms with Gasteiger partial charge in [-0.2, -0.15) is 0 Å². The van der Waals surface area contributed by atoms with Crippen LogP contribution in [-0.2, 0) is 20.9 Å². The van der Waals surface area contributed by atoms with Gasteiger partial charge in [0.2, 0.25) is 5.50 Å². The van der Waals surface area contributed by atoms with E-state index in [1.54, 1.807) is 0 Å². The maximum absolute atomic E-state index is 12.1. The van der Waals surface area contributed by atoms with Crippen LogP contribution in [0.25, 0.3) is 0 Å². The lowest BCUT2D eigenvalue weighted by Crippen LogP contribution is -3.61. The quantitative estimate of drug-likeness (QED) is 0.388. The van der Waals surface area contributed by atoms with Gasteiger partial charge in [-0.25, -0.2) is 17.2 Å². The molecule has 2 aromatic rings. The van der Waals surface area contributed by atoms with Crippen molar-refractivity contribution < 1.29 is 47.3 Å². The van der Waals surface area contributed by atoms with Crippen molar-refractivity contribution in [3.8, 4) is 0 Å². The van der Waals surface area contributed by atoms with E-state index in [4.69, 9.17) is 0 Å². The summed E-state index contributed by atoms with van der Waals surface area (Å²) < 4.78 is 67.7. The van der Waals surface area contributed by atoms with Gasteiger partial charge in [-0.05, 0) is 46.2 Å². The molecule has 0 saturated heterocycles. The average Bonchev–Trinajstić information content (AvgIpc) is 2.67. The fraction of sp³-hybridized carbons (Fsp3) is 0.500. The van der Waals surface area contributed by atoms with E-state index in [9.17, 15) is 26.1 Å². The minimum Gasteiger partial charge on any atom is -0.746 e. The lowest BCUT2D eigenvalue weighted by Gasteiger charge is -2.18. The minimum absolute atomic E-state index is 0.0703. The van der Waals surface area contributed by atoms with E-state index in [0.717, 1.165) is 0 Å². The highest BCUT2D eigenvalue weighted by Gasteiger charge is 2.26. The molecule has 0 aromatic heterocycles. The fourth-order valence-electron chi connectivity index (χ4n) is 2.57. The Morgan fingerprint density at radius 3 is 1.41 bits per heavy atom. The van der Waals surface area contributed by atoms with Crippen molar-refractivity contribution in [2.45, 2.75) is 70.5 Å². The average molecular weight is 584 g/mol. The Morgan fingerprint density at radius 2 is 1.16 bits per heavy atom. The van der Waals surface area contributed by atoms with Crippen molar-refractivity contribution in [3.05, 3.63) is 66.8 Å². The molecule has 0 bridgehead atoms. The third-order valence-corrected chi connectivity index (χ3v) is 8.11. The maximum Gasteiger partial charge on any atom is 0.357 e. The zero-order valence-electron chi connectivity index (χ0n) is 19.3. The van der Waals surface area contributed by atoms with Crippen molar-refractivity contribution in [2.24, 2.45) is 0 Å². The Kier molecular flexibility index (Phi) is 10.7. The summed E-state index contributed by atoms with van der Waals surface area (Å²) in [4.78, 5) is 0. The summed E-state index contributed by atoms with van der Waals surface area (Å²) in [7, 11) is -5.28. The predicted molar refractivity (Wildman–Crippen MR) is 118 cm³/mol. The van der Waals surface area contributed by atoms with Crippen molar-refractivity contribution in [1.29, 1.82) is 0 Å². The topological polar surface area (TPSA) is 57.2 Å². The third kappa shape index (κ3) is 9.79. The molecular formula is C24H32F3IO3S. The van der Waals surface area contributed by atoms with E-state index in [2.05, 4.69) is 90.1 Å². The highest BCUT2D eigenvalue weighted by Crippen LogP contribution is 2.22. The maximum atomic E-state index is 12.1. The molecule has 32 heavy (non-hydrogen) atoms. The summed E-state index contributed by atoms with van der Waals surface area (Å²) >= 11 is -0.0703. The Hall–Kier alpha value is -1.13. The van der Waals surface area contributed by atoms with Crippen LogP contribution in [-0.4, -0.2) is 31.3 Å². The molecule has 180 valence electrons. The lowest BCUT2D eigenvalue weighted by molar-refractivity contribution is -0.597. The molecule has 2 aromatic carbocycles. The summed E-state index contributed by atoms with van der Waals surface area (Å²) in [5, 5.41) is 0. The second kappa shape index (κ2) is 11.8. The molecule has 0 spiro atoms. The molecule has 0 aliphatic heterocycles. The Bertz CT molecular complexity index is 877. The lowest BCUT2D eigenvalue weighted by atomic mass is 9.87. The largest absolute Gasteiger partial charge is 0.746 e. The molecule has 3 nitrogen and oxygen atoms in total. The van der Waals surface area contributed by atoms with E-state index in [-0.39, 0.29) is 32.0 Å². The Balaban J connectivity index is 0.000000396. The van der Waals surface area contributed by atoms with Crippen LogP contribution in [0.15, 0.2) is 48.5 Å². The Morgan fingerprint density at radius 1 is 0.812 bits per heavy atom. The van der Waals surface area contributed by atoms with E-state index in [0.29, 0.717) is 0 Å². The van der Waals surface area contributed by atoms with E-state index in [1.807, 2.05) is 0 Å². The number of benzene rings is 2. The summed E-state index contributed by atoms with van der Waals surface area (Å²) in [6.07, 6.45) is -3.48. The van der Waals surface area contributed by atoms with E-state index in [1.165, 1.54) is 18.3 Å².